The number of hydrogen-bond acceptors (Lipinski definition) is 3. The summed E-state index contributed by atoms with van der Waals surface area (Å²) in [5, 5.41) is 13.0. The van der Waals surface area contributed by atoms with Gasteiger partial charge in [0, 0.05) is 25.2 Å². The van der Waals surface area contributed by atoms with Crippen LogP contribution in [0, 0.1) is 0 Å². The molecule has 0 bridgehead atoms. The van der Waals surface area contributed by atoms with Crippen LogP contribution in [0.25, 0.3) is 0 Å². The number of carbonyl (C=O) groups excluding carboxylic acids is 2. The lowest BCUT2D eigenvalue weighted by Crippen LogP contribution is -2.44. The van der Waals surface area contributed by atoms with Gasteiger partial charge in [-0.2, -0.15) is 0 Å². The van der Waals surface area contributed by atoms with Crippen LogP contribution in [-0.4, -0.2) is 29.1 Å². The van der Waals surface area contributed by atoms with Gasteiger partial charge in [-0.3, -0.25) is 9.59 Å². The molecule has 0 aromatic heterocycles. The van der Waals surface area contributed by atoms with E-state index in [1.54, 1.807) is 4.90 Å². The van der Waals surface area contributed by atoms with Crippen molar-refractivity contribution in [2.45, 2.75) is 50.7 Å². The molecule has 118 valence electrons. The third-order valence-electron chi connectivity index (χ3n) is 4.63. The third-order valence-corrected chi connectivity index (χ3v) is 4.63. The number of aliphatic hydroxyl groups is 1. The molecule has 1 heterocycles. The topological polar surface area (TPSA) is 69.6 Å². The van der Waals surface area contributed by atoms with E-state index in [-0.39, 0.29) is 11.8 Å². The third kappa shape index (κ3) is 2.99. The van der Waals surface area contributed by atoms with Crippen molar-refractivity contribution in [3.8, 4) is 0 Å². The van der Waals surface area contributed by atoms with Crippen LogP contribution in [0.5, 0.6) is 0 Å². The first-order valence-corrected chi connectivity index (χ1v) is 7.98. The number of nitrogens with zero attached hydrogens (tertiary/aromatic N) is 1. The minimum absolute atomic E-state index is 0.171. The van der Waals surface area contributed by atoms with Crippen LogP contribution in [0.15, 0.2) is 24.3 Å². The zero-order chi connectivity index (χ0) is 15.6. The fourth-order valence-corrected chi connectivity index (χ4v) is 3.25. The lowest BCUT2D eigenvalue weighted by atomic mass is 10.0. The summed E-state index contributed by atoms with van der Waals surface area (Å²) in [7, 11) is 0. The van der Waals surface area contributed by atoms with Gasteiger partial charge in [-0.05, 0) is 49.8 Å². The molecule has 22 heavy (non-hydrogen) atoms. The van der Waals surface area contributed by atoms with E-state index in [9.17, 15) is 14.7 Å². The standard InChI is InChI=1S/C17H22N2O3/c20-15-4-3-11-19(15)14-7-5-13(6-8-14)12-18-16(21)17(22)9-1-2-10-17/h5-8,22H,1-4,9-12H2,(H,18,21). The van der Waals surface area contributed by atoms with Gasteiger partial charge in [-0.15, -0.1) is 0 Å². The molecule has 2 N–H and O–H groups in total. The molecule has 1 saturated carbocycles. The predicted octanol–water partition coefficient (Wildman–Crippen LogP) is 1.73. The fourth-order valence-electron chi connectivity index (χ4n) is 3.25. The maximum absolute atomic E-state index is 12.0. The Labute approximate surface area is 130 Å². The van der Waals surface area contributed by atoms with E-state index in [1.165, 1.54) is 0 Å². The van der Waals surface area contributed by atoms with Crippen LogP contribution < -0.4 is 10.2 Å². The molecule has 0 radical (unpaired) electrons. The van der Waals surface area contributed by atoms with E-state index in [2.05, 4.69) is 5.32 Å². The predicted molar refractivity (Wildman–Crippen MR) is 83.3 cm³/mol. The van der Waals surface area contributed by atoms with Crippen molar-refractivity contribution in [1.29, 1.82) is 0 Å². The Balaban J connectivity index is 1.57. The van der Waals surface area contributed by atoms with Crippen LogP contribution in [-0.2, 0) is 16.1 Å². The zero-order valence-electron chi connectivity index (χ0n) is 12.7. The van der Waals surface area contributed by atoms with Gasteiger partial charge in [0.2, 0.25) is 5.91 Å². The number of amides is 2. The molecule has 2 aliphatic rings. The molecule has 1 aliphatic heterocycles. The highest BCUT2D eigenvalue weighted by Gasteiger charge is 2.38. The smallest absolute Gasteiger partial charge is 0.252 e. The van der Waals surface area contributed by atoms with Gasteiger partial charge >= 0.3 is 0 Å². The summed E-state index contributed by atoms with van der Waals surface area (Å²) >= 11 is 0. The normalized spacial score (nSPS) is 20.4. The lowest BCUT2D eigenvalue weighted by molar-refractivity contribution is -0.139. The summed E-state index contributed by atoms with van der Waals surface area (Å²) in [4.78, 5) is 25.5. The molecule has 0 unspecified atom stereocenters. The van der Waals surface area contributed by atoms with Gasteiger partial charge < -0.3 is 15.3 Å². The maximum atomic E-state index is 12.0. The summed E-state index contributed by atoms with van der Waals surface area (Å²) < 4.78 is 0. The quantitative estimate of drug-likeness (QED) is 0.890. The first-order valence-electron chi connectivity index (χ1n) is 7.98. The molecule has 2 fully saturated rings. The number of nitrogens with one attached hydrogen (secondary N) is 1. The highest BCUT2D eigenvalue weighted by Crippen LogP contribution is 2.29. The van der Waals surface area contributed by atoms with E-state index in [1.807, 2.05) is 24.3 Å². The monoisotopic (exact) mass is 302 g/mol. The average molecular weight is 302 g/mol. The van der Waals surface area contributed by atoms with E-state index in [0.717, 1.165) is 37.1 Å². The van der Waals surface area contributed by atoms with Gasteiger partial charge in [-0.25, -0.2) is 0 Å². The summed E-state index contributed by atoms with van der Waals surface area (Å²) in [5.41, 5.74) is 0.694. The highest BCUT2D eigenvalue weighted by molar-refractivity contribution is 5.95. The molecule has 0 spiro atoms. The van der Waals surface area contributed by atoms with Crippen molar-refractivity contribution >= 4 is 17.5 Å². The minimum atomic E-state index is -1.18. The number of hydrogen-bond donors (Lipinski definition) is 2. The number of benzene rings is 1. The Morgan fingerprint density at radius 3 is 2.45 bits per heavy atom. The summed E-state index contributed by atoms with van der Waals surface area (Å²) in [6.45, 7) is 1.18. The van der Waals surface area contributed by atoms with Crippen LogP contribution in [0.2, 0.25) is 0 Å². The van der Waals surface area contributed by atoms with Crippen LogP contribution in [0.1, 0.15) is 44.1 Å². The number of anilines is 1. The van der Waals surface area contributed by atoms with Crippen LogP contribution in [0.4, 0.5) is 5.69 Å². The first-order chi connectivity index (χ1) is 10.6. The van der Waals surface area contributed by atoms with Crippen LogP contribution in [0.3, 0.4) is 0 Å². The second-order valence-corrected chi connectivity index (χ2v) is 6.24. The average Bonchev–Trinajstić information content (AvgIpc) is 3.15. The van der Waals surface area contributed by atoms with Crippen molar-refractivity contribution in [3.63, 3.8) is 0 Å². The Morgan fingerprint density at radius 2 is 1.86 bits per heavy atom. The van der Waals surface area contributed by atoms with E-state index >= 15 is 0 Å². The van der Waals surface area contributed by atoms with Crippen molar-refractivity contribution in [3.05, 3.63) is 29.8 Å². The SMILES string of the molecule is O=C1CCCN1c1ccc(CNC(=O)C2(O)CCCC2)cc1. The largest absolute Gasteiger partial charge is 0.380 e. The zero-order valence-corrected chi connectivity index (χ0v) is 12.7. The summed E-state index contributed by atoms with van der Waals surface area (Å²) in [6, 6.07) is 7.66. The second-order valence-electron chi connectivity index (χ2n) is 6.24. The highest BCUT2D eigenvalue weighted by atomic mass is 16.3. The molecule has 5 heteroatoms. The van der Waals surface area contributed by atoms with Gasteiger partial charge in [-0.1, -0.05) is 12.1 Å². The van der Waals surface area contributed by atoms with E-state index < -0.39 is 5.60 Å². The van der Waals surface area contributed by atoms with Gasteiger partial charge in [0.05, 0.1) is 0 Å². The molecule has 1 aromatic rings. The Morgan fingerprint density at radius 1 is 1.18 bits per heavy atom. The first kappa shape index (κ1) is 15.0. The van der Waals surface area contributed by atoms with Crippen molar-refractivity contribution in [2.75, 3.05) is 11.4 Å². The van der Waals surface area contributed by atoms with Gasteiger partial charge in [0.25, 0.3) is 5.91 Å². The second kappa shape index (κ2) is 6.08. The lowest BCUT2D eigenvalue weighted by Gasteiger charge is -2.21. The Hall–Kier alpha value is -1.88. The molecular weight excluding hydrogens is 280 g/mol. The van der Waals surface area contributed by atoms with Gasteiger partial charge in [0.15, 0.2) is 0 Å². The molecular formula is C17H22N2O3. The van der Waals surface area contributed by atoms with E-state index in [0.29, 0.717) is 25.8 Å². The molecule has 5 nitrogen and oxygen atoms in total. The Kier molecular flexibility index (Phi) is 4.16. The summed E-state index contributed by atoms with van der Waals surface area (Å²) in [6.07, 6.45) is 4.44. The molecule has 1 aromatic carbocycles. The van der Waals surface area contributed by atoms with Crippen molar-refractivity contribution in [1.82, 2.24) is 5.32 Å². The van der Waals surface area contributed by atoms with Crippen molar-refractivity contribution < 1.29 is 14.7 Å². The van der Waals surface area contributed by atoms with Gasteiger partial charge in [0.1, 0.15) is 5.60 Å². The maximum Gasteiger partial charge on any atom is 0.252 e. The molecule has 3 rings (SSSR count). The Bertz CT molecular complexity index is 562. The summed E-state index contributed by atoms with van der Waals surface area (Å²) in [5.74, 6) is -0.103. The minimum Gasteiger partial charge on any atom is -0.380 e. The fraction of sp³-hybridized carbons (Fsp3) is 0.529. The molecule has 2 amide bonds. The van der Waals surface area contributed by atoms with Crippen LogP contribution >= 0.6 is 0 Å². The molecule has 1 aliphatic carbocycles. The molecule has 0 atom stereocenters. The van der Waals surface area contributed by atoms with Crippen molar-refractivity contribution in [2.24, 2.45) is 0 Å². The molecule has 1 saturated heterocycles. The number of rotatable bonds is 4. The number of carbonyl (C=O) groups is 2. The van der Waals surface area contributed by atoms with E-state index in [4.69, 9.17) is 0 Å².